The summed E-state index contributed by atoms with van der Waals surface area (Å²) in [6, 6.07) is 12.4. The average Bonchev–Trinajstić information content (AvgIpc) is 2.90. The van der Waals surface area contributed by atoms with Gasteiger partial charge in [0.15, 0.2) is 0 Å². The summed E-state index contributed by atoms with van der Waals surface area (Å²) in [6.07, 6.45) is 0.783. The number of imide groups is 1. The van der Waals surface area contributed by atoms with E-state index in [2.05, 4.69) is 12.2 Å². The van der Waals surface area contributed by atoms with Crippen molar-refractivity contribution in [1.82, 2.24) is 10.2 Å². The van der Waals surface area contributed by atoms with Crippen molar-refractivity contribution >= 4 is 41.0 Å². The van der Waals surface area contributed by atoms with E-state index in [1.165, 1.54) is 31.2 Å². The van der Waals surface area contributed by atoms with E-state index in [1.807, 2.05) is 24.3 Å². The molecule has 166 valence electrons. The van der Waals surface area contributed by atoms with E-state index in [4.69, 9.17) is 0 Å². The van der Waals surface area contributed by atoms with Gasteiger partial charge in [0.2, 0.25) is 5.91 Å². The molecule has 2 aliphatic heterocycles. The molecule has 2 aliphatic rings. The van der Waals surface area contributed by atoms with E-state index < -0.39 is 22.4 Å². The Morgan fingerprint density at radius 1 is 1.22 bits per heavy atom. The van der Waals surface area contributed by atoms with Gasteiger partial charge in [-0.15, -0.1) is 11.8 Å². The van der Waals surface area contributed by atoms with Gasteiger partial charge < -0.3 is 10.2 Å². The Labute approximate surface area is 188 Å². The lowest BCUT2D eigenvalue weighted by Crippen LogP contribution is -2.45. The van der Waals surface area contributed by atoms with Crippen LogP contribution in [-0.4, -0.2) is 46.0 Å². The first-order valence-electron chi connectivity index (χ1n) is 10.2. The second-order valence-corrected chi connectivity index (χ2v) is 9.46. The Kier molecular flexibility index (Phi) is 5.64. The lowest BCUT2D eigenvalue weighted by Gasteiger charge is -2.25. The molecule has 1 saturated heterocycles. The Bertz CT molecular complexity index is 1110. The van der Waals surface area contributed by atoms with Crippen LogP contribution in [0.2, 0.25) is 0 Å². The molecule has 0 bridgehead atoms. The summed E-state index contributed by atoms with van der Waals surface area (Å²) >= 11 is 1.70. The highest BCUT2D eigenvalue weighted by Crippen LogP contribution is 2.37. The lowest BCUT2D eigenvalue weighted by molar-refractivity contribution is -0.384. The third-order valence-corrected chi connectivity index (χ3v) is 7.01. The number of non-ortho nitro benzene ring substituents is 1. The van der Waals surface area contributed by atoms with Crippen LogP contribution in [0.4, 0.5) is 16.2 Å². The fraction of sp³-hybridized carbons (Fsp3) is 0.318. The van der Waals surface area contributed by atoms with E-state index in [1.54, 1.807) is 16.7 Å². The van der Waals surface area contributed by atoms with E-state index >= 15 is 0 Å². The molecule has 1 N–H and O–H groups in total. The van der Waals surface area contributed by atoms with Crippen molar-refractivity contribution in [2.24, 2.45) is 0 Å². The number of carbonyl (C=O) groups excluding carboxylic acids is 3. The Morgan fingerprint density at radius 2 is 1.91 bits per heavy atom. The molecule has 4 rings (SSSR count). The number of para-hydroxylation sites is 1. The number of nitrogens with zero attached hydrogens (tertiary/aromatic N) is 3. The normalized spacial score (nSPS) is 22.9. The number of amides is 4. The second kappa shape index (κ2) is 8.27. The average molecular weight is 455 g/mol. The fourth-order valence-corrected chi connectivity index (χ4v) is 5.03. The summed E-state index contributed by atoms with van der Waals surface area (Å²) < 4.78 is 0. The zero-order valence-corrected chi connectivity index (χ0v) is 18.4. The van der Waals surface area contributed by atoms with Crippen molar-refractivity contribution in [2.75, 3.05) is 18.0 Å². The summed E-state index contributed by atoms with van der Waals surface area (Å²) in [6.45, 7) is 3.73. The first-order chi connectivity index (χ1) is 15.2. The second-order valence-electron chi connectivity index (χ2n) is 7.98. The zero-order valence-electron chi connectivity index (χ0n) is 17.6. The number of hydrogen-bond donors (Lipinski definition) is 1. The highest BCUT2D eigenvalue weighted by Gasteiger charge is 2.50. The number of carbonyl (C=O) groups is 3. The molecule has 32 heavy (non-hydrogen) atoms. The van der Waals surface area contributed by atoms with Crippen LogP contribution >= 0.6 is 11.8 Å². The van der Waals surface area contributed by atoms with Crippen LogP contribution in [0.3, 0.4) is 0 Å². The highest BCUT2D eigenvalue weighted by molar-refractivity contribution is 8.00. The minimum Gasteiger partial charge on any atom is -0.319 e. The zero-order chi connectivity index (χ0) is 23.0. The van der Waals surface area contributed by atoms with Gasteiger partial charge in [0.25, 0.3) is 11.6 Å². The van der Waals surface area contributed by atoms with Gasteiger partial charge in [-0.1, -0.05) is 19.1 Å². The highest BCUT2D eigenvalue weighted by atomic mass is 32.2. The molecule has 9 nitrogen and oxygen atoms in total. The van der Waals surface area contributed by atoms with E-state index in [0.29, 0.717) is 17.4 Å². The summed E-state index contributed by atoms with van der Waals surface area (Å²) in [4.78, 5) is 52.9. The minimum absolute atomic E-state index is 0.118. The molecule has 1 fully saturated rings. The van der Waals surface area contributed by atoms with Gasteiger partial charge >= 0.3 is 6.03 Å². The number of benzene rings is 2. The van der Waals surface area contributed by atoms with Gasteiger partial charge in [-0.3, -0.25) is 24.6 Å². The largest absolute Gasteiger partial charge is 0.325 e. The van der Waals surface area contributed by atoms with Crippen molar-refractivity contribution in [2.45, 2.75) is 36.0 Å². The first-order valence-corrected chi connectivity index (χ1v) is 11.0. The summed E-state index contributed by atoms with van der Waals surface area (Å²) in [7, 11) is 0. The van der Waals surface area contributed by atoms with Crippen LogP contribution in [0, 0.1) is 10.1 Å². The number of nitro benzene ring substituents is 1. The smallest absolute Gasteiger partial charge is 0.319 e. The van der Waals surface area contributed by atoms with Gasteiger partial charge in [-0.25, -0.2) is 4.79 Å². The van der Waals surface area contributed by atoms with E-state index in [0.717, 1.165) is 21.9 Å². The van der Waals surface area contributed by atoms with Gasteiger partial charge in [0.05, 0.1) is 10.6 Å². The molecular weight excluding hydrogens is 432 g/mol. The number of rotatable bonds is 4. The third kappa shape index (κ3) is 3.81. The molecule has 10 heteroatoms. The van der Waals surface area contributed by atoms with Crippen LogP contribution in [0.1, 0.15) is 25.8 Å². The molecule has 0 saturated carbocycles. The number of nitrogens with one attached hydrogen (secondary N) is 1. The van der Waals surface area contributed by atoms with Gasteiger partial charge in [0.1, 0.15) is 12.1 Å². The van der Waals surface area contributed by atoms with Crippen LogP contribution in [-0.2, 0) is 15.1 Å². The number of nitro groups is 1. The SMILES string of the molecule is CC1CCN(C(=O)CN2C(=O)NC(C)(c3ccc([N+](=O)[O-])cc3)C2=O)c2ccccc2S1. The van der Waals surface area contributed by atoms with Gasteiger partial charge in [0, 0.05) is 28.8 Å². The monoisotopic (exact) mass is 454 g/mol. The summed E-state index contributed by atoms with van der Waals surface area (Å²) in [5.41, 5.74) is -0.347. The molecule has 2 unspecified atom stereocenters. The number of urea groups is 1. The number of fused-ring (bicyclic) bond motifs is 1. The maximum atomic E-state index is 13.2. The third-order valence-electron chi connectivity index (χ3n) is 5.77. The summed E-state index contributed by atoms with van der Waals surface area (Å²) in [5, 5.41) is 13.9. The van der Waals surface area contributed by atoms with Crippen LogP contribution < -0.4 is 10.2 Å². The van der Waals surface area contributed by atoms with Crippen molar-refractivity contribution in [3.8, 4) is 0 Å². The van der Waals surface area contributed by atoms with E-state index in [9.17, 15) is 24.5 Å². The van der Waals surface area contributed by atoms with E-state index in [-0.39, 0.29) is 18.1 Å². The van der Waals surface area contributed by atoms with Crippen molar-refractivity contribution in [3.05, 3.63) is 64.2 Å². The number of anilines is 1. The standard InChI is InChI=1S/C22H22N4O5S/c1-14-11-12-24(17-5-3-4-6-18(17)32-14)19(27)13-25-20(28)22(2,23-21(25)29)15-7-9-16(10-8-15)26(30)31/h3-10,14H,11-13H2,1-2H3,(H,23,29). The van der Waals surface area contributed by atoms with Crippen molar-refractivity contribution in [1.29, 1.82) is 0 Å². The molecule has 0 radical (unpaired) electrons. The van der Waals surface area contributed by atoms with Crippen LogP contribution in [0.15, 0.2) is 53.4 Å². The van der Waals surface area contributed by atoms with Crippen molar-refractivity contribution < 1.29 is 19.3 Å². The maximum Gasteiger partial charge on any atom is 0.325 e. The number of hydrogen-bond acceptors (Lipinski definition) is 6. The molecule has 0 aliphatic carbocycles. The molecule has 4 amide bonds. The van der Waals surface area contributed by atoms with Crippen LogP contribution in [0.5, 0.6) is 0 Å². The molecule has 2 aromatic rings. The first kappa shape index (κ1) is 21.8. The molecule has 2 atom stereocenters. The Balaban J connectivity index is 1.56. The fourth-order valence-electron chi connectivity index (χ4n) is 3.92. The Hall–Kier alpha value is -3.40. The molecule has 2 aromatic carbocycles. The minimum atomic E-state index is -1.41. The maximum absolute atomic E-state index is 13.2. The Morgan fingerprint density at radius 3 is 2.59 bits per heavy atom. The molecule has 0 spiro atoms. The van der Waals surface area contributed by atoms with Crippen LogP contribution in [0.25, 0.3) is 0 Å². The number of thioether (sulfide) groups is 1. The quantitative estimate of drug-likeness (QED) is 0.431. The predicted molar refractivity (Wildman–Crippen MR) is 119 cm³/mol. The predicted octanol–water partition coefficient (Wildman–Crippen LogP) is 3.28. The van der Waals surface area contributed by atoms with Gasteiger partial charge in [-0.2, -0.15) is 0 Å². The van der Waals surface area contributed by atoms with Crippen molar-refractivity contribution in [3.63, 3.8) is 0 Å². The molecule has 0 aromatic heterocycles. The topological polar surface area (TPSA) is 113 Å². The summed E-state index contributed by atoms with van der Waals surface area (Å²) in [5.74, 6) is -0.917. The van der Waals surface area contributed by atoms with Gasteiger partial charge in [-0.05, 0) is 43.2 Å². The lowest BCUT2D eigenvalue weighted by atomic mass is 9.92. The molecule has 2 heterocycles. The molecular formula is C22H22N4O5S.